The largest absolute Gasteiger partial charge is 0.481 e. The maximum Gasteiger partial charge on any atom is 0.407 e. The van der Waals surface area contributed by atoms with Crippen LogP contribution in [-0.2, 0) is 19.1 Å². The Bertz CT molecular complexity index is 972. The number of amides is 2. The molecule has 32 heavy (non-hydrogen) atoms. The number of rotatable bonds is 9. The van der Waals surface area contributed by atoms with Crippen molar-refractivity contribution in [2.45, 2.75) is 25.2 Å². The highest BCUT2D eigenvalue weighted by atomic mass is 16.5. The van der Waals surface area contributed by atoms with E-state index in [4.69, 9.17) is 9.47 Å². The minimum absolute atomic E-state index is 0.0524. The molecule has 168 valence electrons. The minimum atomic E-state index is -0.869. The van der Waals surface area contributed by atoms with E-state index in [0.29, 0.717) is 12.8 Å². The van der Waals surface area contributed by atoms with Gasteiger partial charge < -0.3 is 25.2 Å². The van der Waals surface area contributed by atoms with Crippen LogP contribution in [0.15, 0.2) is 48.5 Å². The van der Waals surface area contributed by atoms with Crippen molar-refractivity contribution < 1.29 is 29.0 Å². The van der Waals surface area contributed by atoms with Gasteiger partial charge in [-0.2, -0.15) is 0 Å². The van der Waals surface area contributed by atoms with Crippen molar-refractivity contribution in [1.82, 2.24) is 10.6 Å². The Morgan fingerprint density at radius 3 is 2.16 bits per heavy atom. The molecular weight excluding hydrogens is 412 g/mol. The van der Waals surface area contributed by atoms with Gasteiger partial charge in [0.05, 0.1) is 12.0 Å². The molecule has 0 spiro atoms. The van der Waals surface area contributed by atoms with Gasteiger partial charge >= 0.3 is 12.1 Å². The van der Waals surface area contributed by atoms with E-state index in [1.54, 1.807) is 0 Å². The molecule has 2 amide bonds. The number of benzene rings is 2. The third-order valence-electron chi connectivity index (χ3n) is 6.25. The Kier molecular flexibility index (Phi) is 6.41. The summed E-state index contributed by atoms with van der Waals surface area (Å²) in [6.45, 7) is -0.144. The smallest absolute Gasteiger partial charge is 0.407 e. The predicted octanol–water partition coefficient (Wildman–Crippen LogP) is 2.87. The second-order valence-corrected chi connectivity index (χ2v) is 8.21. The SMILES string of the molecule is O=C(CNC(=O)OCC1c2ccccc2-c2ccccc21)NCOCC1(C(=O)O)CCC1. The highest BCUT2D eigenvalue weighted by Crippen LogP contribution is 2.44. The van der Waals surface area contributed by atoms with E-state index in [1.165, 1.54) is 0 Å². The topological polar surface area (TPSA) is 114 Å². The summed E-state index contributed by atoms with van der Waals surface area (Å²) in [5.41, 5.74) is 3.68. The number of nitrogens with one attached hydrogen (secondary N) is 2. The van der Waals surface area contributed by atoms with Crippen LogP contribution in [0.25, 0.3) is 11.1 Å². The average molecular weight is 438 g/mol. The number of fused-ring (bicyclic) bond motifs is 3. The van der Waals surface area contributed by atoms with Crippen LogP contribution in [0.2, 0.25) is 0 Å². The molecule has 8 heteroatoms. The maximum atomic E-state index is 12.1. The van der Waals surface area contributed by atoms with Crippen molar-refractivity contribution in [1.29, 1.82) is 0 Å². The number of hydrogen-bond acceptors (Lipinski definition) is 5. The number of aliphatic carboxylic acids is 1. The first-order chi connectivity index (χ1) is 15.5. The number of ether oxygens (including phenoxy) is 2. The van der Waals surface area contributed by atoms with Gasteiger partial charge in [-0.3, -0.25) is 9.59 Å². The van der Waals surface area contributed by atoms with E-state index in [-0.39, 0.29) is 32.4 Å². The van der Waals surface area contributed by atoms with Gasteiger partial charge in [0, 0.05) is 5.92 Å². The van der Waals surface area contributed by atoms with Crippen LogP contribution in [0.3, 0.4) is 0 Å². The Morgan fingerprint density at radius 2 is 1.59 bits per heavy atom. The van der Waals surface area contributed by atoms with Crippen molar-refractivity contribution >= 4 is 18.0 Å². The molecular formula is C24H26N2O6. The fourth-order valence-electron chi connectivity index (χ4n) is 4.27. The van der Waals surface area contributed by atoms with Gasteiger partial charge in [-0.25, -0.2) is 4.79 Å². The van der Waals surface area contributed by atoms with Crippen molar-refractivity contribution in [3.8, 4) is 11.1 Å². The average Bonchev–Trinajstić information content (AvgIpc) is 3.08. The summed E-state index contributed by atoms with van der Waals surface area (Å²) in [6.07, 6.45) is 1.35. The number of hydrogen-bond donors (Lipinski definition) is 3. The van der Waals surface area contributed by atoms with Crippen molar-refractivity contribution in [2.24, 2.45) is 5.41 Å². The third kappa shape index (κ3) is 4.45. The van der Waals surface area contributed by atoms with Crippen molar-refractivity contribution in [3.05, 3.63) is 59.7 Å². The molecule has 0 radical (unpaired) electrons. The highest BCUT2D eigenvalue weighted by Gasteiger charge is 2.44. The lowest BCUT2D eigenvalue weighted by atomic mass is 9.69. The van der Waals surface area contributed by atoms with Crippen LogP contribution in [-0.4, -0.2) is 49.6 Å². The van der Waals surface area contributed by atoms with Crippen LogP contribution in [0, 0.1) is 5.41 Å². The lowest BCUT2D eigenvalue weighted by Crippen LogP contribution is -2.44. The molecule has 0 saturated heterocycles. The summed E-state index contributed by atoms with van der Waals surface area (Å²) in [5.74, 6) is -1.37. The predicted molar refractivity (Wildman–Crippen MR) is 116 cm³/mol. The Balaban J connectivity index is 1.19. The van der Waals surface area contributed by atoms with E-state index < -0.39 is 23.4 Å². The van der Waals surface area contributed by atoms with Crippen LogP contribution in [0.1, 0.15) is 36.3 Å². The quantitative estimate of drug-likeness (QED) is 0.410. The molecule has 0 aliphatic heterocycles. The molecule has 0 aromatic heterocycles. The molecule has 0 unspecified atom stereocenters. The molecule has 2 aliphatic rings. The van der Waals surface area contributed by atoms with Gasteiger partial charge in [-0.05, 0) is 35.1 Å². The molecule has 1 saturated carbocycles. The van der Waals surface area contributed by atoms with Gasteiger partial charge in [-0.15, -0.1) is 0 Å². The summed E-state index contributed by atoms with van der Waals surface area (Å²) >= 11 is 0. The molecule has 0 atom stereocenters. The molecule has 4 rings (SSSR count). The summed E-state index contributed by atoms with van der Waals surface area (Å²) in [4.78, 5) is 35.3. The van der Waals surface area contributed by atoms with Gasteiger partial charge in [-0.1, -0.05) is 55.0 Å². The number of alkyl carbamates (subject to hydrolysis) is 1. The van der Waals surface area contributed by atoms with E-state index >= 15 is 0 Å². The molecule has 0 bridgehead atoms. The molecule has 2 aromatic carbocycles. The van der Waals surface area contributed by atoms with Crippen molar-refractivity contribution in [3.63, 3.8) is 0 Å². The summed E-state index contributed by atoms with van der Waals surface area (Å²) < 4.78 is 10.7. The molecule has 0 heterocycles. The first-order valence-electron chi connectivity index (χ1n) is 10.7. The fraction of sp³-hybridized carbons (Fsp3) is 0.375. The lowest BCUT2D eigenvalue weighted by Gasteiger charge is -2.37. The summed E-state index contributed by atoms with van der Waals surface area (Å²) in [6, 6.07) is 16.1. The molecule has 3 N–H and O–H groups in total. The zero-order chi connectivity index (χ0) is 22.6. The standard InChI is InChI=1S/C24H26N2O6/c27-21(26-15-31-14-24(22(28)29)10-5-11-24)12-25-23(30)32-13-20-18-8-3-1-6-16(18)17-7-2-4-9-19(17)20/h1-4,6-9,20H,5,10-15H2,(H,25,30)(H,26,27)(H,28,29). The van der Waals surface area contributed by atoms with Gasteiger partial charge in [0.2, 0.25) is 5.91 Å². The third-order valence-corrected chi connectivity index (χ3v) is 6.25. The number of carbonyl (C=O) groups excluding carboxylic acids is 2. The van der Waals surface area contributed by atoms with Crippen LogP contribution >= 0.6 is 0 Å². The summed E-state index contributed by atoms with van der Waals surface area (Å²) in [5, 5.41) is 14.2. The Morgan fingerprint density at radius 1 is 0.969 bits per heavy atom. The number of carboxylic acids is 1. The highest BCUT2D eigenvalue weighted by molar-refractivity contribution is 5.82. The molecule has 1 fully saturated rings. The zero-order valence-electron chi connectivity index (χ0n) is 17.6. The van der Waals surface area contributed by atoms with Gasteiger partial charge in [0.15, 0.2) is 0 Å². The van der Waals surface area contributed by atoms with E-state index in [2.05, 4.69) is 22.8 Å². The van der Waals surface area contributed by atoms with Crippen molar-refractivity contribution in [2.75, 3.05) is 26.5 Å². The lowest BCUT2D eigenvalue weighted by molar-refractivity contribution is -0.160. The van der Waals surface area contributed by atoms with E-state index in [0.717, 1.165) is 28.7 Å². The minimum Gasteiger partial charge on any atom is -0.481 e. The first kappa shape index (κ1) is 21.8. The molecule has 8 nitrogen and oxygen atoms in total. The number of carboxylic acid groups (broad SMARTS) is 1. The molecule has 2 aliphatic carbocycles. The monoisotopic (exact) mass is 438 g/mol. The number of carbonyl (C=O) groups is 3. The first-order valence-corrected chi connectivity index (χ1v) is 10.7. The zero-order valence-corrected chi connectivity index (χ0v) is 17.6. The summed E-state index contributed by atoms with van der Waals surface area (Å²) in [7, 11) is 0. The van der Waals surface area contributed by atoms with Gasteiger partial charge in [0.25, 0.3) is 0 Å². The van der Waals surface area contributed by atoms with Gasteiger partial charge in [0.1, 0.15) is 19.9 Å². The Labute approximate surface area is 185 Å². The van der Waals surface area contributed by atoms with Crippen LogP contribution in [0.5, 0.6) is 0 Å². The van der Waals surface area contributed by atoms with Crippen LogP contribution < -0.4 is 10.6 Å². The van der Waals surface area contributed by atoms with E-state index in [9.17, 15) is 19.5 Å². The molecule has 2 aromatic rings. The van der Waals surface area contributed by atoms with Crippen LogP contribution in [0.4, 0.5) is 4.79 Å². The van der Waals surface area contributed by atoms with E-state index in [1.807, 2.05) is 36.4 Å². The second kappa shape index (κ2) is 9.40. The Hall–Kier alpha value is -3.39. The second-order valence-electron chi connectivity index (χ2n) is 8.21. The fourth-order valence-corrected chi connectivity index (χ4v) is 4.27. The maximum absolute atomic E-state index is 12.1. The normalized spacial score (nSPS) is 15.8.